The van der Waals surface area contributed by atoms with Gasteiger partial charge in [0.05, 0.1) is 6.26 Å². The molecule has 0 aliphatic carbocycles. The third-order valence-corrected chi connectivity index (χ3v) is 4.02. The second-order valence-corrected chi connectivity index (χ2v) is 6.18. The van der Waals surface area contributed by atoms with Crippen LogP contribution in [-0.4, -0.2) is 17.9 Å². The first-order chi connectivity index (χ1) is 12.1. The van der Waals surface area contributed by atoms with Gasteiger partial charge in [-0.1, -0.05) is 46.3 Å². The van der Waals surface area contributed by atoms with Crippen molar-refractivity contribution in [1.82, 2.24) is 5.32 Å². The van der Waals surface area contributed by atoms with Crippen molar-refractivity contribution < 1.29 is 14.0 Å². The van der Waals surface area contributed by atoms with Crippen LogP contribution in [0.4, 0.5) is 5.69 Å². The Kier molecular flexibility index (Phi) is 5.30. The molecule has 1 heterocycles. The van der Waals surface area contributed by atoms with Crippen molar-refractivity contribution >= 4 is 33.3 Å². The van der Waals surface area contributed by atoms with Crippen LogP contribution >= 0.6 is 15.9 Å². The van der Waals surface area contributed by atoms with Crippen molar-refractivity contribution in [2.45, 2.75) is 6.17 Å². The fraction of sp³-hybridized carbons (Fsp3) is 0.0526. The van der Waals surface area contributed by atoms with E-state index >= 15 is 0 Å². The summed E-state index contributed by atoms with van der Waals surface area (Å²) in [4.78, 5) is 25.1. The molecule has 0 saturated heterocycles. The molecule has 0 unspecified atom stereocenters. The van der Waals surface area contributed by atoms with E-state index in [9.17, 15) is 9.59 Å². The quantitative estimate of drug-likeness (QED) is 0.484. The van der Waals surface area contributed by atoms with Crippen LogP contribution in [0.1, 0.15) is 20.9 Å². The molecule has 1 amide bonds. The predicted molar refractivity (Wildman–Crippen MR) is 98.5 cm³/mol. The van der Waals surface area contributed by atoms with E-state index in [-0.39, 0.29) is 11.5 Å². The molecule has 0 aliphatic heterocycles. The maximum absolute atomic E-state index is 12.8. The van der Waals surface area contributed by atoms with E-state index in [0.29, 0.717) is 11.3 Å². The van der Waals surface area contributed by atoms with Gasteiger partial charge in [0.15, 0.2) is 11.9 Å². The van der Waals surface area contributed by atoms with Crippen molar-refractivity contribution in [2.75, 3.05) is 5.32 Å². The van der Waals surface area contributed by atoms with E-state index < -0.39 is 12.1 Å². The SMILES string of the molecule is O=C(N[C@H](Nc1ccc(Br)cc1)C(=O)c1ccccc1)c1ccco1. The third kappa shape index (κ3) is 4.36. The minimum Gasteiger partial charge on any atom is -0.459 e. The van der Waals surface area contributed by atoms with Crippen LogP contribution in [0.25, 0.3) is 0 Å². The minimum absolute atomic E-state index is 0.142. The number of ketones is 1. The molecule has 0 aliphatic rings. The molecule has 0 spiro atoms. The number of halogens is 1. The molecule has 3 aromatic rings. The van der Waals surface area contributed by atoms with Crippen molar-refractivity contribution in [3.63, 3.8) is 0 Å². The van der Waals surface area contributed by atoms with Crippen LogP contribution in [0, 0.1) is 0 Å². The topological polar surface area (TPSA) is 71.3 Å². The van der Waals surface area contributed by atoms with E-state index in [2.05, 4.69) is 26.6 Å². The summed E-state index contributed by atoms with van der Waals surface area (Å²) in [5, 5.41) is 5.73. The van der Waals surface area contributed by atoms with Crippen LogP contribution < -0.4 is 10.6 Å². The summed E-state index contributed by atoms with van der Waals surface area (Å²) in [6.45, 7) is 0. The summed E-state index contributed by atoms with van der Waals surface area (Å²) in [6, 6.07) is 19.3. The van der Waals surface area contributed by atoms with E-state index in [1.165, 1.54) is 6.26 Å². The highest BCUT2D eigenvalue weighted by atomic mass is 79.9. The summed E-state index contributed by atoms with van der Waals surface area (Å²) in [6.07, 6.45) is 0.478. The van der Waals surface area contributed by atoms with Gasteiger partial charge in [0.25, 0.3) is 5.91 Å². The molecule has 1 atom stereocenters. The third-order valence-electron chi connectivity index (χ3n) is 3.50. The zero-order valence-corrected chi connectivity index (χ0v) is 14.7. The first-order valence-corrected chi connectivity index (χ1v) is 8.38. The number of amides is 1. The number of anilines is 1. The number of carbonyl (C=O) groups is 2. The average molecular weight is 399 g/mol. The van der Waals surface area contributed by atoms with Gasteiger partial charge in [-0.3, -0.25) is 9.59 Å². The van der Waals surface area contributed by atoms with Gasteiger partial charge in [0, 0.05) is 15.7 Å². The van der Waals surface area contributed by atoms with Gasteiger partial charge in [0.2, 0.25) is 5.78 Å². The predicted octanol–water partition coefficient (Wildman–Crippen LogP) is 4.09. The molecule has 0 fully saturated rings. The Bertz CT molecular complexity index is 846. The molecule has 25 heavy (non-hydrogen) atoms. The molecule has 3 rings (SSSR count). The molecular formula is C19H15BrN2O3. The van der Waals surface area contributed by atoms with Crippen LogP contribution in [0.2, 0.25) is 0 Å². The molecule has 1 aromatic heterocycles. The van der Waals surface area contributed by atoms with Gasteiger partial charge in [-0.25, -0.2) is 0 Å². The first-order valence-electron chi connectivity index (χ1n) is 7.59. The zero-order chi connectivity index (χ0) is 17.6. The van der Waals surface area contributed by atoms with Crippen molar-refractivity contribution in [3.8, 4) is 0 Å². The number of carbonyl (C=O) groups excluding carboxylic acids is 2. The number of hydrogen-bond donors (Lipinski definition) is 2. The molecular weight excluding hydrogens is 384 g/mol. The molecule has 2 aromatic carbocycles. The van der Waals surface area contributed by atoms with Gasteiger partial charge in [-0.15, -0.1) is 0 Å². The van der Waals surface area contributed by atoms with Crippen LogP contribution in [-0.2, 0) is 0 Å². The number of hydrogen-bond acceptors (Lipinski definition) is 4. The maximum atomic E-state index is 12.8. The lowest BCUT2D eigenvalue weighted by atomic mass is 10.1. The lowest BCUT2D eigenvalue weighted by Gasteiger charge is -2.20. The summed E-state index contributed by atoms with van der Waals surface area (Å²) in [7, 11) is 0. The average Bonchev–Trinajstić information content (AvgIpc) is 3.18. The van der Waals surface area contributed by atoms with E-state index in [0.717, 1.165) is 4.47 Å². The van der Waals surface area contributed by atoms with Crippen LogP contribution in [0.5, 0.6) is 0 Å². The number of Topliss-reactive ketones (excluding diaryl/α,β-unsaturated/α-hetero) is 1. The highest BCUT2D eigenvalue weighted by Crippen LogP contribution is 2.16. The van der Waals surface area contributed by atoms with Gasteiger partial charge in [-0.2, -0.15) is 0 Å². The Labute approximate surface area is 153 Å². The zero-order valence-electron chi connectivity index (χ0n) is 13.1. The molecule has 0 radical (unpaired) electrons. The van der Waals surface area contributed by atoms with Crippen LogP contribution in [0.3, 0.4) is 0 Å². The monoisotopic (exact) mass is 398 g/mol. The Morgan fingerprint density at radius 3 is 2.28 bits per heavy atom. The van der Waals surface area contributed by atoms with Crippen molar-refractivity contribution in [2.24, 2.45) is 0 Å². The second-order valence-electron chi connectivity index (χ2n) is 5.27. The lowest BCUT2D eigenvalue weighted by Crippen LogP contribution is -2.46. The van der Waals surface area contributed by atoms with E-state index in [4.69, 9.17) is 4.42 Å². The Morgan fingerprint density at radius 2 is 1.64 bits per heavy atom. The number of rotatable bonds is 6. The van der Waals surface area contributed by atoms with Crippen molar-refractivity contribution in [3.05, 3.63) is 88.8 Å². The number of furan rings is 1. The molecule has 6 heteroatoms. The van der Waals surface area contributed by atoms with E-state index in [1.807, 2.05) is 30.3 Å². The molecule has 126 valence electrons. The standard InChI is InChI=1S/C19H15BrN2O3/c20-14-8-10-15(11-9-14)21-18(17(23)13-5-2-1-3-6-13)22-19(24)16-7-4-12-25-16/h1-12,18,21H,(H,22,24)/t18-/m0/s1. The maximum Gasteiger partial charge on any atom is 0.288 e. The first kappa shape index (κ1) is 17.0. The molecule has 2 N–H and O–H groups in total. The molecule has 0 saturated carbocycles. The minimum atomic E-state index is -0.929. The Morgan fingerprint density at radius 1 is 0.920 bits per heavy atom. The van der Waals surface area contributed by atoms with Gasteiger partial charge < -0.3 is 15.1 Å². The summed E-state index contributed by atoms with van der Waals surface area (Å²) in [5.41, 5.74) is 1.20. The molecule has 0 bridgehead atoms. The van der Waals surface area contributed by atoms with E-state index in [1.54, 1.807) is 36.4 Å². The van der Waals surface area contributed by atoms with Gasteiger partial charge in [0.1, 0.15) is 0 Å². The summed E-state index contributed by atoms with van der Waals surface area (Å²) < 4.78 is 6.01. The van der Waals surface area contributed by atoms with Gasteiger partial charge >= 0.3 is 0 Å². The Hall–Kier alpha value is -2.86. The Balaban J connectivity index is 1.83. The normalized spacial score (nSPS) is 11.6. The lowest BCUT2D eigenvalue weighted by molar-refractivity contribution is 0.0853. The fourth-order valence-corrected chi connectivity index (χ4v) is 2.52. The highest BCUT2D eigenvalue weighted by Gasteiger charge is 2.23. The second kappa shape index (κ2) is 7.81. The van der Waals surface area contributed by atoms with Crippen molar-refractivity contribution in [1.29, 1.82) is 0 Å². The summed E-state index contributed by atoms with van der Waals surface area (Å²) in [5.74, 6) is -0.573. The largest absolute Gasteiger partial charge is 0.459 e. The fourth-order valence-electron chi connectivity index (χ4n) is 2.26. The number of benzene rings is 2. The highest BCUT2D eigenvalue weighted by molar-refractivity contribution is 9.10. The van der Waals surface area contributed by atoms with Gasteiger partial charge in [-0.05, 0) is 36.4 Å². The van der Waals surface area contributed by atoms with Crippen LogP contribution in [0.15, 0.2) is 81.9 Å². The molecule has 5 nitrogen and oxygen atoms in total. The smallest absolute Gasteiger partial charge is 0.288 e. The number of nitrogens with one attached hydrogen (secondary N) is 2. The summed E-state index contributed by atoms with van der Waals surface area (Å²) >= 11 is 3.37.